The molecule has 37 heavy (non-hydrogen) atoms. The molecule has 2 aliphatic heterocycles. The SMILES string of the molecule is CC(=O)c1ccn(C(=O)N2CCC3(CCN(Cc4ccc(-c5ccccc5)cc4C(F)(F)F)C3)CC2)n1. The molecule has 5 rings (SSSR count). The van der Waals surface area contributed by atoms with Crippen molar-refractivity contribution in [3.63, 3.8) is 0 Å². The molecule has 9 heteroatoms. The molecule has 194 valence electrons. The van der Waals surface area contributed by atoms with Crippen molar-refractivity contribution in [3.05, 3.63) is 77.6 Å². The Morgan fingerprint density at radius 2 is 1.65 bits per heavy atom. The average molecular weight is 511 g/mol. The zero-order chi connectivity index (χ0) is 26.2. The molecule has 0 aliphatic carbocycles. The number of carbonyl (C=O) groups is 2. The third-order valence-corrected chi connectivity index (χ3v) is 7.67. The van der Waals surface area contributed by atoms with Gasteiger partial charge in [0.05, 0.1) is 5.56 Å². The maximum atomic E-state index is 14.0. The number of aromatic nitrogens is 2. The van der Waals surface area contributed by atoms with Crippen LogP contribution in [0.5, 0.6) is 0 Å². The highest BCUT2D eigenvalue weighted by atomic mass is 19.4. The minimum Gasteiger partial charge on any atom is -0.323 e. The topological polar surface area (TPSA) is 58.4 Å². The maximum Gasteiger partial charge on any atom is 0.416 e. The number of halogens is 3. The van der Waals surface area contributed by atoms with Crippen molar-refractivity contribution in [1.82, 2.24) is 19.6 Å². The van der Waals surface area contributed by atoms with E-state index in [4.69, 9.17) is 0 Å². The summed E-state index contributed by atoms with van der Waals surface area (Å²) < 4.78 is 43.2. The lowest BCUT2D eigenvalue weighted by Gasteiger charge is -2.39. The summed E-state index contributed by atoms with van der Waals surface area (Å²) in [7, 11) is 0. The smallest absolute Gasteiger partial charge is 0.323 e. The van der Waals surface area contributed by atoms with Crippen LogP contribution in [0.3, 0.4) is 0 Å². The predicted molar refractivity (Wildman–Crippen MR) is 133 cm³/mol. The summed E-state index contributed by atoms with van der Waals surface area (Å²) in [6, 6.07) is 15.0. The van der Waals surface area contributed by atoms with Gasteiger partial charge in [-0.1, -0.05) is 42.5 Å². The van der Waals surface area contributed by atoms with Crippen LogP contribution in [0.2, 0.25) is 0 Å². The van der Waals surface area contributed by atoms with Gasteiger partial charge < -0.3 is 4.90 Å². The summed E-state index contributed by atoms with van der Waals surface area (Å²) in [5.41, 5.74) is 1.26. The van der Waals surface area contributed by atoms with Crippen LogP contribution in [-0.4, -0.2) is 57.6 Å². The zero-order valence-corrected chi connectivity index (χ0v) is 20.7. The molecule has 1 aromatic heterocycles. The first-order valence-corrected chi connectivity index (χ1v) is 12.5. The second-order valence-corrected chi connectivity index (χ2v) is 10.2. The molecule has 0 unspecified atom stereocenters. The van der Waals surface area contributed by atoms with E-state index in [-0.39, 0.29) is 35.0 Å². The van der Waals surface area contributed by atoms with Gasteiger partial charge in [-0.3, -0.25) is 9.69 Å². The van der Waals surface area contributed by atoms with Crippen molar-refractivity contribution < 1.29 is 22.8 Å². The summed E-state index contributed by atoms with van der Waals surface area (Å²) in [5.74, 6) is -0.196. The van der Waals surface area contributed by atoms with Gasteiger partial charge in [-0.25, -0.2) is 4.79 Å². The lowest BCUT2D eigenvalue weighted by Crippen LogP contribution is -2.45. The Morgan fingerprint density at radius 3 is 2.30 bits per heavy atom. The van der Waals surface area contributed by atoms with E-state index in [2.05, 4.69) is 10.00 Å². The molecule has 3 heterocycles. The van der Waals surface area contributed by atoms with Crippen molar-refractivity contribution in [2.24, 2.45) is 5.41 Å². The highest BCUT2D eigenvalue weighted by Crippen LogP contribution is 2.42. The Hall–Kier alpha value is -3.46. The molecule has 0 saturated carbocycles. The van der Waals surface area contributed by atoms with Crippen LogP contribution in [0, 0.1) is 5.41 Å². The highest BCUT2D eigenvalue weighted by Gasteiger charge is 2.42. The number of hydrogen-bond acceptors (Lipinski definition) is 4. The number of piperidine rings is 1. The minimum atomic E-state index is -4.43. The Labute approximate surface area is 213 Å². The van der Waals surface area contributed by atoms with E-state index in [1.165, 1.54) is 29.9 Å². The van der Waals surface area contributed by atoms with E-state index in [0.717, 1.165) is 31.4 Å². The molecule has 2 saturated heterocycles. The molecule has 0 radical (unpaired) electrons. The molecule has 1 spiro atoms. The van der Waals surface area contributed by atoms with Crippen LogP contribution in [0.4, 0.5) is 18.0 Å². The van der Waals surface area contributed by atoms with Gasteiger partial charge >= 0.3 is 12.2 Å². The fourth-order valence-corrected chi connectivity index (χ4v) is 5.54. The summed E-state index contributed by atoms with van der Waals surface area (Å²) in [5, 5.41) is 4.06. The number of nitrogens with zero attached hydrogens (tertiary/aromatic N) is 4. The molecule has 3 aromatic rings. The molecule has 0 atom stereocenters. The zero-order valence-electron chi connectivity index (χ0n) is 20.7. The third kappa shape index (κ3) is 5.32. The summed E-state index contributed by atoms with van der Waals surface area (Å²) >= 11 is 0. The van der Waals surface area contributed by atoms with Crippen LogP contribution >= 0.6 is 0 Å². The Bertz CT molecular complexity index is 1290. The Kier molecular flexibility index (Phi) is 6.66. The molecule has 2 aromatic carbocycles. The largest absolute Gasteiger partial charge is 0.416 e. The maximum absolute atomic E-state index is 14.0. The molecular formula is C28H29F3N4O2. The average Bonchev–Trinajstić information content (AvgIpc) is 3.52. The standard InChI is InChI=1S/C28H29F3N4O2/c1-20(36)25-9-13-35(32-25)26(37)34-15-11-27(12-16-34)10-14-33(19-27)18-23-8-7-22(17-24(23)28(29,30)31)21-5-3-2-4-6-21/h2-9,13,17H,10-12,14-16,18-19H2,1H3. The molecular weight excluding hydrogens is 481 g/mol. The monoisotopic (exact) mass is 510 g/mol. The molecule has 1 amide bonds. The molecule has 0 bridgehead atoms. The van der Waals surface area contributed by atoms with Crippen molar-refractivity contribution in [3.8, 4) is 11.1 Å². The van der Waals surface area contributed by atoms with E-state index in [0.29, 0.717) is 25.2 Å². The summed E-state index contributed by atoms with van der Waals surface area (Å²) in [6.07, 6.45) is -0.459. The normalized spacial score (nSPS) is 17.9. The Morgan fingerprint density at radius 1 is 0.946 bits per heavy atom. The Balaban J connectivity index is 1.24. The van der Waals surface area contributed by atoms with Crippen LogP contribution in [0.25, 0.3) is 11.1 Å². The highest BCUT2D eigenvalue weighted by molar-refractivity contribution is 5.92. The van der Waals surface area contributed by atoms with Gasteiger partial charge in [0.1, 0.15) is 5.69 Å². The number of carbonyl (C=O) groups excluding carboxylic acids is 2. The third-order valence-electron chi connectivity index (χ3n) is 7.67. The van der Waals surface area contributed by atoms with Crippen LogP contribution in [0.15, 0.2) is 60.8 Å². The number of Topliss-reactive ketones (excluding diaryl/α,β-unsaturated/α-hetero) is 1. The van der Waals surface area contributed by atoms with Crippen molar-refractivity contribution in [2.75, 3.05) is 26.2 Å². The van der Waals surface area contributed by atoms with E-state index >= 15 is 0 Å². The minimum absolute atomic E-state index is 0.00613. The number of amides is 1. The fourth-order valence-electron chi connectivity index (χ4n) is 5.54. The van der Waals surface area contributed by atoms with Crippen LogP contribution < -0.4 is 0 Å². The van der Waals surface area contributed by atoms with Crippen LogP contribution in [-0.2, 0) is 12.7 Å². The molecule has 6 nitrogen and oxygen atoms in total. The van der Waals surface area contributed by atoms with Gasteiger partial charge in [-0.15, -0.1) is 0 Å². The first kappa shape index (κ1) is 25.2. The number of hydrogen-bond donors (Lipinski definition) is 0. The quantitative estimate of drug-likeness (QED) is 0.421. The molecule has 0 N–H and O–H groups in total. The summed E-state index contributed by atoms with van der Waals surface area (Å²) in [4.78, 5) is 28.1. The van der Waals surface area contributed by atoms with Gasteiger partial charge in [0.25, 0.3) is 0 Å². The van der Waals surface area contributed by atoms with E-state index in [1.807, 2.05) is 30.3 Å². The van der Waals surface area contributed by atoms with E-state index in [9.17, 15) is 22.8 Å². The number of benzene rings is 2. The van der Waals surface area contributed by atoms with Crippen molar-refractivity contribution in [1.29, 1.82) is 0 Å². The first-order valence-electron chi connectivity index (χ1n) is 12.5. The second kappa shape index (κ2) is 9.78. The van der Waals surface area contributed by atoms with Gasteiger partial charge in [0.2, 0.25) is 0 Å². The van der Waals surface area contributed by atoms with Crippen LogP contribution in [0.1, 0.15) is 47.8 Å². The second-order valence-electron chi connectivity index (χ2n) is 10.2. The number of rotatable bonds is 4. The lowest BCUT2D eigenvalue weighted by molar-refractivity contribution is -0.138. The summed E-state index contributed by atoms with van der Waals surface area (Å²) in [6.45, 7) is 4.21. The van der Waals surface area contributed by atoms with Gasteiger partial charge in [-0.2, -0.15) is 23.0 Å². The van der Waals surface area contributed by atoms with E-state index < -0.39 is 11.7 Å². The van der Waals surface area contributed by atoms with E-state index in [1.54, 1.807) is 17.0 Å². The van der Waals surface area contributed by atoms with Crippen molar-refractivity contribution >= 4 is 11.8 Å². The lowest BCUT2D eigenvalue weighted by atomic mass is 9.78. The van der Waals surface area contributed by atoms with Gasteiger partial charge in [-0.05, 0) is 60.0 Å². The molecule has 2 aliphatic rings. The number of likely N-dealkylation sites (tertiary alicyclic amines) is 2. The van der Waals surface area contributed by atoms with Crippen molar-refractivity contribution in [2.45, 2.75) is 38.9 Å². The first-order chi connectivity index (χ1) is 17.6. The molecule has 2 fully saturated rings. The van der Waals surface area contributed by atoms with Gasteiger partial charge in [0.15, 0.2) is 5.78 Å². The fraction of sp³-hybridized carbons (Fsp3) is 0.393. The predicted octanol–water partition coefficient (Wildman–Crippen LogP) is 5.73. The van der Waals surface area contributed by atoms with Gasteiger partial charge in [0, 0.05) is 39.3 Å². The number of alkyl halides is 3. The number of ketones is 1.